The fourth-order valence-electron chi connectivity index (χ4n) is 4.19. The zero-order chi connectivity index (χ0) is 24.4. The largest absolute Gasteiger partial charge is 0.351 e. The summed E-state index contributed by atoms with van der Waals surface area (Å²) in [4.78, 5) is 38.1. The van der Waals surface area contributed by atoms with Crippen molar-refractivity contribution in [3.63, 3.8) is 0 Å². The molecule has 3 heterocycles. The third kappa shape index (κ3) is 5.09. The number of fused-ring (bicyclic) bond motifs is 3. The fourth-order valence-corrected chi connectivity index (χ4v) is 5.91. The molecule has 6 nitrogen and oxygen atoms in total. The van der Waals surface area contributed by atoms with Crippen molar-refractivity contribution in [2.75, 3.05) is 0 Å². The van der Waals surface area contributed by atoms with Crippen LogP contribution in [0.3, 0.4) is 0 Å². The molecule has 2 aromatic carbocycles. The van der Waals surface area contributed by atoms with Crippen molar-refractivity contribution in [2.45, 2.75) is 45.0 Å². The van der Waals surface area contributed by atoms with Crippen LogP contribution in [0.25, 0.3) is 0 Å². The Bertz CT molecular complexity index is 1330. The molecule has 0 aliphatic carbocycles. The molecule has 1 atom stereocenters. The SMILES string of the molecule is Cc1ccc(CSC2=Nc3ccccc3C3=N[C@@H](CCC(=O)NCc4cccs4)C(=O)N23)c(C)c1. The van der Waals surface area contributed by atoms with Crippen LogP contribution in [0.5, 0.6) is 0 Å². The number of nitrogens with zero attached hydrogens (tertiary/aromatic N) is 3. The Morgan fingerprint density at radius 2 is 2.00 bits per heavy atom. The van der Waals surface area contributed by atoms with Gasteiger partial charge in [-0.2, -0.15) is 0 Å². The topological polar surface area (TPSA) is 74.1 Å². The first-order valence-corrected chi connectivity index (χ1v) is 13.4. The van der Waals surface area contributed by atoms with E-state index in [1.807, 2.05) is 41.8 Å². The van der Waals surface area contributed by atoms with Gasteiger partial charge < -0.3 is 5.32 Å². The second-order valence-corrected chi connectivity index (χ2v) is 10.6. The molecule has 0 bridgehead atoms. The predicted molar refractivity (Wildman–Crippen MR) is 143 cm³/mol. The summed E-state index contributed by atoms with van der Waals surface area (Å²) in [6.07, 6.45) is 0.614. The Labute approximate surface area is 213 Å². The lowest BCUT2D eigenvalue weighted by Crippen LogP contribution is -2.41. The predicted octanol–water partition coefficient (Wildman–Crippen LogP) is 5.35. The number of hydrogen-bond acceptors (Lipinski definition) is 6. The minimum atomic E-state index is -0.587. The van der Waals surface area contributed by atoms with Crippen molar-refractivity contribution < 1.29 is 9.59 Å². The van der Waals surface area contributed by atoms with E-state index in [1.54, 1.807) is 28.0 Å². The molecule has 35 heavy (non-hydrogen) atoms. The van der Waals surface area contributed by atoms with E-state index < -0.39 is 6.04 Å². The molecule has 2 aliphatic rings. The number of amidine groups is 2. The van der Waals surface area contributed by atoms with Gasteiger partial charge in [0, 0.05) is 22.6 Å². The van der Waals surface area contributed by atoms with Crippen molar-refractivity contribution in [2.24, 2.45) is 9.98 Å². The van der Waals surface area contributed by atoms with Gasteiger partial charge in [0.15, 0.2) is 5.17 Å². The molecule has 2 aliphatic heterocycles. The summed E-state index contributed by atoms with van der Waals surface area (Å²) in [6.45, 7) is 4.70. The average Bonchev–Trinajstić information content (AvgIpc) is 3.49. The summed E-state index contributed by atoms with van der Waals surface area (Å²) < 4.78 is 0. The van der Waals surface area contributed by atoms with Gasteiger partial charge in [-0.3, -0.25) is 14.6 Å². The highest BCUT2D eigenvalue weighted by atomic mass is 32.2. The van der Waals surface area contributed by atoms with Gasteiger partial charge in [0.2, 0.25) is 5.91 Å². The van der Waals surface area contributed by atoms with Crippen LogP contribution >= 0.6 is 23.1 Å². The molecule has 0 spiro atoms. The maximum atomic E-state index is 13.4. The van der Waals surface area contributed by atoms with E-state index in [-0.39, 0.29) is 18.2 Å². The van der Waals surface area contributed by atoms with Crippen LogP contribution in [0, 0.1) is 13.8 Å². The van der Waals surface area contributed by atoms with Crippen LogP contribution in [0.15, 0.2) is 70.0 Å². The highest BCUT2D eigenvalue weighted by Crippen LogP contribution is 2.35. The van der Waals surface area contributed by atoms with E-state index in [0.717, 1.165) is 16.1 Å². The average molecular weight is 503 g/mol. The number of nitrogens with one attached hydrogen (secondary N) is 1. The normalized spacial score (nSPS) is 16.5. The lowest BCUT2D eigenvalue weighted by atomic mass is 10.1. The van der Waals surface area contributed by atoms with Gasteiger partial charge in [-0.05, 0) is 55.0 Å². The van der Waals surface area contributed by atoms with Gasteiger partial charge in [-0.25, -0.2) is 9.89 Å². The molecule has 2 amide bonds. The number of thioether (sulfide) groups is 1. The van der Waals surface area contributed by atoms with E-state index in [9.17, 15) is 9.59 Å². The van der Waals surface area contributed by atoms with E-state index in [2.05, 4.69) is 37.4 Å². The number of amides is 2. The summed E-state index contributed by atoms with van der Waals surface area (Å²) in [5, 5.41) is 5.55. The van der Waals surface area contributed by atoms with E-state index in [0.29, 0.717) is 29.7 Å². The Hall–Kier alpha value is -3.23. The number of benzene rings is 2. The maximum absolute atomic E-state index is 13.4. The van der Waals surface area contributed by atoms with Gasteiger partial charge in [0.25, 0.3) is 5.91 Å². The number of para-hydroxylation sites is 1. The van der Waals surface area contributed by atoms with Crippen LogP contribution < -0.4 is 5.32 Å². The second-order valence-electron chi connectivity index (χ2n) is 8.67. The van der Waals surface area contributed by atoms with Crippen LogP contribution in [-0.2, 0) is 21.9 Å². The first-order valence-electron chi connectivity index (χ1n) is 11.6. The summed E-state index contributed by atoms with van der Waals surface area (Å²) in [6, 6.07) is 17.5. The van der Waals surface area contributed by atoms with Gasteiger partial charge >= 0.3 is 0 Å². The molecule has 0 unspecified atom stereocenters. The molecule has 0 fully saturated rings. The van der Waals surface area contributed by atoms with Crippen LogP contribution in [-0.4, -0.2) is 33.8 Å². The third-order valence-electron chi connectivity index (χ3n) is 6.09. The molecule has 178 valence electrons. The minimum Gasteiger partial charge on any atom is -0.351 e. The third-order valence-corrected chi connectivity index (χ3v) is 7.95. The Kier molecular flexibility index (Phi) is 6.83. The number of hydrogen-bond donors (Lipinski definition) is 1. The highest BCUT2D eigenvalue weighted by Gasteiger charge is 2.41. The zero-order valence-electron chi connectivity index (χ0n) is 19.7. The minimum absolute atomic E-state index is 0.0743. The first-order chi connectivity index (χ1) is 17.0. The molecule has 0 radical (unpaired) electrons. The molecule has 1 aromatic heterocycles. The number of aryl methyl sites for hydroxylation is 2. The summed E-state index contributed by atoms with van der Waals surface area (Å²) in [7, 11) is 0. The lowest BCUT2D eigenvalue weighted by Gasteiger charge is -2.25. The molecule has 3 aromatic rings. The number of carbonyl (C=O) groups is 2. The maximum Gasteiger partial charge on any atom is 0.259 e. The zero-order valence-corrected chi connectivity index (χ0v) is 21.3. The van der Waals surface area contributed by atoms with Crippen molar-refractivity contribution in [3.05, 3.63) is 87.1 Å². The highest BCUT2D eigenvalue weighted by molar-refractivity contribution is 8.13. The van der Waals surface area contributed by atoms with Crippen molar-refractivity contribution in [3.8, 4) is 0 Å². The lowest BCUT2D eigenvalue weighted by molar-refractivity contribution is -0.125. The molecule has 8 heteroatoms. The standard InChI is InChI=1S/C27H26N4O2S2/c1-17-9-10-19(18(2)14-17)16-35-27-30-22-8-4-3-7-21(22)25-29-23(26(33)31(25)27)11-12-24(32)28-15-20-6-5-13-34-20/h3-10,13-14,23H,11-12,15-16H2,1-2H3,(H,28,32)/t23-/m0/s1. The summed E-state index contributed by atoms with van der Waals surface area (Å²) in [5.41, 5.74) is 5.33. The van der Waals surface area contributed by atoms with Crippen molar-refractivity contribution in [1.82, 2.24) is 10.2 Å². The Morgan fingerprint density at radius 1 is 1.14 bits per heavy atom. The van der Waals surface area contributed by atoms with E-state index in [1.165, 1.54) is 16.7 Å². The van der Waals surface area contributed by atoms with Crippen molar-refractivity contribution >= 4 is 51.6 Å². The van der Waals surface area contributed by atoms with Gasteiger partial charge in [0.05, 0.1) is 12.2 Å². The van der Waals surface area contributed by atoms with Gasteiger partial charge in [-0.1, -0.05) is 53.7 Å². The van der Waals surface area contributed by atoms with Gasteiger partial charge in [-0.15, -0.1) is 11.3 Å². The smallest absolute Gasteiger partial charge is 0.259 e. The van der Waals surface area contributed by atoms with Crippen molar-refractivity contribution in [1.29, 1.82) is 0 Å². The summed E-state index contributed by atoms with van der Waals surface area (Å²) >= 11 is 3.15. The van der Waals surface area contributed by atoms with E-state index in [4.69, 9.17) is 9.98 Å². The second kappa shape index (κ2) is 10.2. The molecule has 0 saturated carbocycles. The molecular weight excluding hydrogens is 476 g/mol. The number of thiophene rings is 1. The van der Waals surface area contributed by atoms with Gasteiger partial charge in [0.1, 0.15) is 11.9 Å². The molecule has 5 rings (SSSR count). The monoisotopic (exact) mass is 502 g/mol. The van der Waals surface area contributed by atoms with Crippen LogP contribution in [0.1, 0.15) is 40.0 Å². The van der Waals surface area contributed by atoms with Crippen LogP contribution in [0.2, 0.25) is 0 Å². The van der Waals surface area contributed by atoms with Crippen LogP contribution in [0.4, 0.5) is 5.69 Å². The molecule has 0 saturated heterocycles. The number of rotatable bonds is 7. The Morgan fingerprint density at radius 3 is 2.80 bits per heavy atom. The number of carbonyl (C=O) groups excluding carboxylic acids is 2. The first kappa shape index (κ1) is 23.5. The number of aliphatic imine (C=N–C) groups is 2. The Balaban J connectivity index is 1.31. The van der Waals surface area contributed by atoms with E-state index >= 15 is 0 Å². The quantitative estimate of drug-likeness (QED) is 0.473. The fraction of sp³-hybridized carbons (Fsp3) is 0.259. The molecular formula is C27H26N4O2S2. The summed E-state index contributed by atoms with van der Waals surface area (Å²) in [5.74, 6) is 1.15. The molecule has 1 N–H and O–H groups in total.